The summed E-state index contributed by atoms with van der Waals surface area (Å²) in [4.78, 5) is 14.6. The van der Waals surface area contributed by atoms with E-state index >= 15 is 0 Å². The molecule has 0 radical (unpaired) electrons. The van der Waals surface area contributed by atoms with Gasteiger partial charge in [0, 0.05) is 11.6 Å². The van der Waals surface area contributed by atoms with Crippen LogP contribution >= 0.6 is 0 Å². The third kappa shape index (κ3) is 2.42. The zero-order chi connectivity index (χ0) is 15.0. The second-order valence-electron chi connectivity index (χ2n) is 6.21. The largest absolute Gasteiger partial charge is 0.496 e. The molecular weight excluding hydrogens is 264 g/mol. The molecule has 1 N–H and O–H groups in total. The van der Waals surface area contributed by atoms with Crippen molar-refractivity contribution in [3.05, 3.63) is 29.8 Å². The van der Waals surface area contributed by atoms with Crippen molar-refractivity contribution in [2.24, 2.45) is 5.92 Å². The van der Waals surface area contributed by atoms with Gasteiger partial charge in [-0.3, -0.25) is 10.1 Å². The molecule has 3 rings (SSSR count). The van der Waals surface area contributed by atoms with E-state index in [1.54, 1.807) is 7.11 Å². The molecule has 1 heterocycles. The Bertz CT molecular complexity index is 527. The van der Waals surface area contributed by atoms with Gasteiger partial charge < -0.3 is 9.64 Å². The zero-order valence-electron chi connectivity index (χ0n) is 13.0. The summed E-state index contributed by atoms with van der Waals surface area (Å²) in [5.74, 6) is 1.67. The van der Waals surface area contributed by atoms with Gasteiger partial charge in [-0.2, -0.15) is 0 Å². The molecule has 114 valence electrons. The molecule has 0 bridgehead atoms. The van der Waals surface area contributed by atoms with Crippen molar-refractivity contribution < 1.29 is 9.53 Å². The van der Waals surface area contributed by atoms with Gasteiger partial charge in [0.1, 0.15) is 11.9 Å². The lowest BCUT2D eigenvalue weighted by molar-refractivity contribution is -0.133. The van der Waals surface area contributed by atoms with Crippen molar-refractivity contribution >= 4 is 5.91 Å². The van der Waals surface area contributed by atoms with E-state index in [0.29, 0.717) is 5.92 Å². The summed E-state index contributed by atoms with van der Waals surface area (Å²) in [6.07, 6.45) is 3.68. The number of ether oxygens (including phenoxy) is 1. The minimum atomic E-state index is -0.137. The van der Waals surface area contributed by atoms with Gasteiger partial charge in [0.05, 0.1) is 13.2 Å². The van der Waals surface area contributed by atoms with Crippen LogP contribution in [0.5, 0.6) is 5.75 Å². The van der Waals surface area contributed by atoms with Crippen LogP contribution in [0.1, 0.15) is 44.8 Å². The van der Waals surface area contributed by atoms with Crippen LogP contribution in [0, 0.1) is 5.92 Å². The van der Waals surface area contributed by atoms with Crippen LogP contribution in [0.25, 0.3) is 0 Å². The standard InChI is InChI=1S/C17H24N2O2/c1-11-17(20)19(12(2)13-7-6-8-13)16(18-11)14-9-4-5-10-15(14)21-3/h4-5,9-13,16,18H,6-8H2,1-3H3. The van der Waals surface area contributed by atoms with Gasteiger partial charge in [-0.15, -0.1) is 0 Å². The number of hydrogen-bond acceptors (Lipinski definition) is 3. The number of hydrogen-bond donors (Lipinski definition) is 1. The molecule has 1 aliphatic heterocycles. The molecule has 1 saturated heterocycles. The number of rotatable bonds is 4. The van der Waals surface area contributed by atoms with Crippen molar-refractivity contribution in [1.82, 2.24) is 10.2 Å². The minimum absolute atomic E-state index is 0.0840. The summed E-state index contributed by atoms with van der Waals surface area (Å²) in [5.41, 5.74) is 1.05. The van der Waals surface area contributed by atoms with E-state index in [1.807, 2.05) is 36.1 Å². The van der Waals surface area contributed by atoms with Crippen molar-refractivity contribution in [3.8, 4) is 5.75 Å². The Morgan fingerprint density at radius 1 is 1.33 bits per heavy atom. The highest BCUT2D eigenvalue weighted by Gasteiger charge is 2.43. The molecule has 2 fully saturated rings. The summed E-state index contributed by atoms with van der Waals surface area (Å²) >= 11 is 0. The average molecular weight is 288 g/mol. The fraction of sp³-hybridized carbons (Fsp3) is 0.588. The first kappa shape index (κ1) is 14.4. The Kier molecular flexibility index (Phi) is 3.89. The summed E-state index contributed by atoms with van der Waals surface area (Å²) in [6, 6.07) is 8.10. The fourth-order valence-corrected chi connectivity index (χ4v) is 3.46. The minimum Gasteiger partial charge on any atom is -0.496 e. The van der Waals surface area contributed by atoms with Crippen molar-refractivity contribution in [3.63, 3.8) is 0 Å². The molecule has 3 unspecified atom stereocenters. The lowest BCUT2D eigenvalue weighted by atomic mass is 9.79. The number of benzene rings is 1. The van der Waals surface area contributed by atoms with Crippen molar-refractivity contribution in [2.45, 2.75) is 51.4 Å². The zero-order valence-corrected chi connectivity index (χ0v) is 13.0. The van der Waals surface area contributed by atoms with Crippen LogP contribution in [0.2, 0.25) is 0 Å². The predicted molar refractivity (Wildman–Crippen MR) is 82.0 cm³/mol. The first-order valence-corrected chi connectivity index (χ1v) is 7.84. The molecule has 1 aliphatic carbocycles. The number of carbonyl (C=O) groups excluding carboxylic acids is 1. The second kappa shape index (κ2) is 5.68. The lowest BCUT2D eigenvalue weighted by Crippen LogP contribution is -2.44. The number of carbonyl (C=O) groups is 1. The highest BCUT2D eigenvalue weighted by atomic mass is 16.5. The topological polar surface area (TPSA) is 41.6 Å². The quantitative estimate of drug-likeness (QED) is 0.926. The smallest absolute Gasteiger partial charge is 0.241 e. The molecule has 0 spiro atoms. The van der Waals surface area contributed by atoms with Gasteiger partial charge in [0.2, 0.25) is 5.91 Å². The Balaban J connectivity index is 1.93. The normalized spacial score (nSPS) is 27.6. The van der Waals surface area contributed by atoms with Crippen LogP contribution in [0.15, 0.2) is 24.3 Å². The molecule has 2 aliphatic rings. The monoisotopic (exact) mass is 288 g/mol. The predicted octanol–water partition coefficient (Wildman–Crippen LogP) is 2.70. The average Bonchev–Trinajstić information content (AvgIpc) is 2.72. The Hall–Kier alpha value is -1.55. The number of amides is 1. The van der Waals surface area contributed by atoms with Gasteiger partial charge in [-0.1, -0.05) is 24.6 Å². The second-order valence-corrected chi connectivity index (χ2v) is 6.21. The van der Waals surface area contributed by atoms with Gasteiger partial charge in [-0.25, -0.2) is 0 Å². The SMILES string of the molecule is COc1ccccc1C1NC(C)C(=O)N1C(C)C1CCC1. The van der Waals surface area contributed by atoms with E-state index in [9.17, 15) is 4.79 Å². The van der Waals surface area contributed by atoms with Gasteiger partial charge in [-0.05, 0) is 38.7 Å². The Morgan fingerprint density at radius 2 is 2.05 bits per heavy atom. The highest BCUT2D eigenvalue weighted by Crippen LogP contribution is 2.39. The summed E-state index contributed by atoms with van der Waals surface area (Å²) in [6.45, 7) is 4.13. The van der Waals surface area contributed by atoms with E-state index in [1.165, 1.54) is 19.3 Å². The number of nitrogens with zero attached hydrogens (tertiary/aromatic N) is 1. The third-order valence-electron chi connectivity index (χ3n) is 5.02. The molecule has 4 nitrogen and oxygen atoms in total. The van der Waals surface area contributed by atoms with Gasteiger partial charge in [0.25, 0.3) is 0 Å². The molecule has 1 amide bonds. The molecule has 1 aromatic carbocycles. The maximum Gasteiger partial charge on any atom is 0.241 e. The summed E-state index contributed by atoms with van der Waals surface area (Å²) < 4.78 is 5.48. The van der Waals surface area contributed by atoms with Crippen LogP contribution in [-0.4, -0.2) is 30.0 Å². The van der Waals surface area contributed by atoms with Gasteiger partial charge >= 0.3 is 0 Å². The first-order valence-electron chi connectivity index (χ1n) is 7.84. The summed E-state index contributed by atoms with van der Waals surface area (Å²) in [5, 5.41) is 3.43. The van der Waals surface area contributed by atoms with E-state index in [0.717, 1.165) is 11.3 Å². The maximum atomic E-state index is 12.6. The lowest BCUT2D eigenvalue weighted by Gasteiger charge is -2.40. The van der Waals surface area contributed by atoms with Crippen LogP contribution in [-0.2, 0) is 4.79 Å². The van der Waals surface area contributed by atoms with E-state index < -0.39 is 0 Å². The number of methoxy groups -OCH3 is 1. The van der Waals surface area contributed by atoms with Crippen molar-refractivity contribution in [2.75, 3.05) is 7.11 Å². The van der Waals surface area contributed by atoms with E-state index in [-0.39, 0.29) is 24.2 Å². The molecule has 0 aromatic heterocycles. The number of para-hydroxylation sites is 1. The Morgan fingerprint density at radius 3 is 2.67 bits per heavy atom. The van der Waals surface area contributed by atoms with Crippen LogP contribution in [0.4, 0.5) is 0 Å². The number of nitrogens with one attached hydrogen (secondary N) is 1. The first-order chi connectivity index (χ1) is 10.1. The van der Waals surface area contributed by atoms with Crippen molar-refractivity contribution in [1.29, 1.82) is 0 Å². The van der Waals surface area contributed by atoms with E-state index in [4.69, 9.17) is 4.74 Å². The molecule has 21 heavy (non-hydrogen) atoms. The molecule has 1 saturated carbocycles. The molecule has 3 atom stereocenters. The maximum absolute atomic E-state index is 12.6. The van der Waals surface area contributed by atoms with Gasteiger partial charge in [0.15, 0.2) is 0 Å². The molecule has 4 heteroatoms. The van der Waals surface area contributed by atoms with E-state index in [2.05, 4.69) is 12.2 Å². The fourth-order valence-electron chi connectivity index (χ4n) is 3.46. The Labute approximate surface area is 126 Å². The highest BCUT2D eigenvalue weighted by molar-refractivity contribution is 5.84. The molecular formula is C17H24N2O2. The van der Waals surface area contributed by atoms with Crippen LogP contribution in [0.3, 0.4) is 0 Å². The third-order valence-corrected chi connectivity index (χ3v) is 5.02. The summed E-state index contributed by atoms with van der Waals surface area (Å²) in [7, 11) is 1.68. The molecule has 1 aromatic rings. The van der Waals surface area contributed by atoms with Crippen LogP contribution < -0.4 is 10.1 Å².